The average molecular weight is 230 g/mol. The second kappa shape index (κ2) is 4.19. The van der Waals surface area contributed by atoms with Gasteiger partial charge < -0.3 is 20.5 Å². The van der Waals surface area contributed by atoms with Crippen molar-refractivity contribution in [2.45, 2.75) is 12.5 Å². The fraction of sp³-hybridized carbons (Fsp3) is 0.375. The number of carboxylic acids is 2. The van der Waals surface area contributed by atoms with E-state index >= 15 is 0 Å². The number of rotatable bonds is 4. The van der Waals surface area contributed by atoms with Crippen LogP contribution in [0.1, 0.15) is 16.1 Å². The molecule has 8 nitrogen and oxygen atoms in total. The fourth-order valence-electron chi connectivity index (χ4n) is 1.18. The van der Waals surface area contributed by atoms with Crippen LogP contribution in [0.15, 0.2) is 9.32 Å². The summed E-state index contributed by atoms with van der Waals surface area (Å²) in [6.45, 7) is 0. The number of aromatic nitrogens is 1. The lowest BCUT2D eigenvalue weighted by Crippen LogP contribution is -2.34. The molecular weight excluding hydrogens is 220 g/mol. The molecule has 16 heavy (non-hydrogen) atoms. The van der Waals surface area contributed by atoms with Crippen LogP contribution in [0, 0.1) is 0 Å². The number of nitrogens with two attached hydrogens (primary N) is 1. The van der Waals surface area contributed by atoms with Crippen molar-refractivity contribution in [2.24, 2.45) is 12.8 Å². The highest BCUT2D eigenvalue weighted by Gasteiger charge is 2.25. The first-order valence-electron chi connectivity index (χ1n) is 4.25. The summed E-state index contributed by atoms with van der Waals surface area (Å²) in [4.78, 5) is 32.6. The van der Waals surface area contributed by atoms with E-state index in [1.165, 1.54) is 7.05 Å². The maximum atomic E-state index is 11.4. The first kappa shape index (κ1) is 12.0. The van der Waals surface area contributed by atoms with Gasteiger partial charge in [0.1, 0.15) is 6.04 Å². The van der Waals surface area contributed by atoms with Crippen molar-refractivity contribution in [1.29, 1.82) is 0 Å². The van der Waals surface area contributed by atoms with E-state index in [9.17, 15) is 14.4 Å². The molecule has 0 spiro atoms. The number of hydrogen-bond donors (Lipinski definition) is 3. The Morgan fingerprint density at radius 3 is 2.50 bits per heavy atom. The van der Waals surface area contributed by atoms with Gasteiger partial charge in [-0.2, -0.15) is 4.74 Å². The molecule has 88 valence electrons. The molecule has 0 amide bonds. The number of aryl methyl sites for hydroxylation is 1. The number of nitrogens with zero attached hydrogens (tertiary/aromatic N) is 1. The summed E-state index contributed by atoms with van der Waals surface area (Å²) in [5.41, 5.74) is 4.27. The second-order valence-corrected chi connectivity index (χ2v) is 3.16. The van der Waals surface area contributed by atoms with Crippen molar-refractivity contribution in [2.75, 3.05) is 0 Å². The predicted molar refractivity (Wildman–Crippen MR) is 50.2 cm³/mol. The van der Waals surface area contributed by atoms with Gasteiger partial charge in [0.15, 0.2) is 0 Å². The molecular formula is C8H10N2O6. The highest BCUT2D eigenvalue weighted by atomic mass is 16.5. The normalized spacial score (nSPS) is 12.4. The van der Waals surface area contributed by atoms with E-state index in [-0.39, 0.29) is 12.0 Å². The second-order valence-electron chi connectivity index (χ2n) is 3.16. The minimum atomic E-state index is -1.44. The summed E-state index contributed by atoms with van der Waals surface area (Å²) in [7, 11) is 1.23. The van der Waals surface area contributed by atoms with Crippen LogP contribution in [-0.2, 0) is 18.3 Å². The van der Waals surface area contributed by atoms with Gasteiger partial charge in [-0.15, -0.1) is 0 Å². The largest absolute Gasteiger partial charge is 0.480 e. The standard InChI is InChI=1S/C8H10N2O6/c1-10-6(11)3(2-4(9)7(12)13)5(16-10)8(14)15/h4H,2,9H2,1H3,(H,12,13)(H,14,15)/t4-/m0/s1. The zero-order valence-corrected chi connectivity index (χ0v) is 8.34. The molecule has 1 aromatic heterocycles. The number of carbonyl (C=O) groups is 2. The Kier molecular flexibility index (Phi) is 3.14. The van der Waals surface area contributed by atoms with Gasteiger partial charge in [0.2, 0.25) is 5.76 Å². The minimum Gasteiger partial charge on any atom is -0.480 e. The molecule has 1 heterocycles. The molecule has 0 fully saturated rings. The lowest BCUT2D eigenvalue weighted by molar-refractivity contribution is -0.138. The van der Waals surface area contributed by atoms with E-state index < -0.39 is 29.3 Å². The van der Waals surface area contributed by atoms with Gasteiger partial charge in [0.25, 0.3) is 5.56 Å². The SMILES string of the molecule is Cn1oc(C(=O)O)c(C[C@H](N)C(=O)O)c1=O. The smallest absolute Gasteiger partial charge is 0.375 e. The Morgan fingerprint density at radius 1 is 1.50 bits per heavy atom. The van der Waals surface area contributed by atoms with Crippen LogP contribution in [0.25, 0.3) is 0 Å². The van der Waals surface area contributed by atoms with Crippen LogP contribution >= 0.6 is 0 Å². The van der Waals surface area contributed by atoms with Crippen molar-refractivity contribution in [3.63, 3.8) is 0 Å². The molecule has 4 N–H and O–H groups in total. The number of aromatic carboxylic acids is 1. The van der Waals surface area contributed by atoms with Gasteiger partial charge in [-0.1, -0.05) is 0 Å². The molecule has 0 aromatic carbocycles. The van der Waals surface area contributed by atoms with Gasteiger partial charge in [0.05, 0.1) is 5.56 Å². The summed E-state index contributed by atoms with van der Waals surface area (Å²) in [5.74, 6) is -3.34. The topological polar surface area (TPSA) is 136 Å². The quantitative estimate of drug-likeness (QED) is 0.580. The molecule has 0 bridgehead atoms. The first-order valence-corrected chi connectivity index (χ1v) is 4.25. The van der Waals surface area contributed by atoms with Gasteiger partial charge in [0, 0.05) is 13.5 Å². The van der Waals surface area contributed by atoms with Crippen LogP contribution in [0.5, 0.6) is 0 Å². The monoisotopic (exact) mass is 230 g/mol. The molecule has 0 saturated heterocycles. The Morgan fingerprint density at radius 2 is 2.06 bits per heavy atom. The molecule has 0 unspecified atom stereocenters. The Labute approximate surface area is 88.8 Å². The summed E-state index contributed by atoms with van der Waals surface area (Å²) in [6.07, 6.45) is -0.389. The predicted octanol–water partition coefficient (Wildman–Crippen LogP) is -1.37. The third-order valence-corrected chi connectivity index (χ3v) is 1.98. The average Bonchev–Trinajstić information content (AvgIpc) is 2.45. The Hall–Kier alpha value is -2.09. The molecule has 0 aliphatic rings. The van der Waals surface area contributed by atoms with E-state index in [0.717, 1.165) is 0 Å². The van der Waals surface area contributed by atoms with E-state index in [4.69, 9.17) is 15.9 Å². The Bertz CT molecular complexity index is 485. The number of hydrogen-bond acceptors (Lipinski definition) is 5. The van der Waals surface area contributed by atoms with E-state index in [1.807, 2.05) is 0 Å². The van der Waals surface area contributed by atoms with E-state index in [2.05, 4.69) is 4.52 Å². The molecule has 0 aliphatic carbocycles. The fourth-order valence-corrected chi connectivity index (χ4v) is 1.18. The van der Waals surface area contributed by atoms with Crippen LogP contribution in [0.2, 0.25) is 0 Å². The van der Waals surface area contributed by atoms with E-state index in [0.29, 0.717) is 4.74 Å². The van der Waals surface area contributed by atoms with Gasteiger partial charge >= 0.3 is 11.9 Å². The van der Waals surface area contributed by atoms with Gasteiger partial charge in [-0.3, -0.25) is 9.59 Å². The number of carboxylic acid groups (broad SMARTS) is 2. The van der Waals surface area contributed by atoms with Crippen molar-refractivity contribution >= 4 is 11.9 Å². The molecule has 1 aromatic rings. The van der Waals surface area contributed by atoms with Crippen LogP contribution in [0.3, 0.4) is 0 Å². The van der Waals surface area contributed by atoms with Gasteiger partial charge in [-0.05, 0) is 0 Å². The van der Waals surface area contributed by atoms with Gasteiger partial charge in [-0.25, -0.2) is 4.79 Å². The lowest BCUT2D eigenvalue weighted by Gasteiger charge is -2.02. The van der Waals surface area contributed by atoms with Crippen molar-refractivity contribution in [3.05, 3.63) is 21.7 Å². The van der Waals surface area contributed by atoms with Crippen molar-refractivity contribution in [1.82, 2.24) is 4.74 Å². The minimum absolute atomic E-state index is 0.245. The third kappa shape index (κ3) is 2.11. The van der Waals surface area contributed by atoms with Crippen LogP contribution in [-0.4, -0.2) is 32.9 Å². The molecule has 8 heteroatoms. The zero-order valence-electron chi connectivity index (χ0n) is 8.34. The first-order chi connectivity index (χ1) is 7.34. The van der Waals surface area contributed by atoms with Crippen LogP contribution < -0.4 is 11.3 Å². The molecule has 0 aliphatic heterocycles. The van der Waals surface area contributed by atoms with Crippen LogP contribution in [0.4, 0.5) is 0 Å². The summed E-state index contributed by atoms with van der Waals surface area (Å²) < 4.78 is 5.36. The highest BCUT2D eigenvalue weighted by molar-refractivity contribution is 5.86. The Balaban J connectivity index is 3.17. The number of aliphatic carboxylic acids is 1. The third-order valence-electron chi connectivity index (χ3n) is 1.98. The molecule has 1 rings (SSSR count). The molecule has 0 radical (unpaired) electrons. The lowest BCUT2D eigenvalue weighted by atomic mass is 10.1. The summed E-state index contributed by atoms with van der Waals surface area (Å²) in [5, 5.41) is 17.3. The maximum absolute atomic E-state index is 11.4. The summed E-state index contributed by atoms with van der Waals surface area (Å²) in [6, 6.07) is -1.34. The zero-order chi connectivity index (χ0) is 12.5. The van der Waals surface area contributed by atoms with E-state index in [1.54, 1.807) is 0 Å². The highest BCUT2D eigenvalue weighted by Crippen LogP contribution is 2.07. The van der Waals surface area contributed by atoms with Crippen molar-refractivity contribution in [3.8, 4) is 0 Å². The van der Waals surface area contributed by atoms with Crippen molar-refractivity contribution < 1.29 is 24.3 Å². The molecule has 0 saturated carbocycles. The summed E-state index contributed by atoms with van der Waals surface area (Å²) >= 11 is 0. The maximum Gasteiger partial charge on any atom is 0.375 e. The molecule has 1 atom stereocenters.